The maximum absolute atomic E-state index is 12.9. The van der Waals surface area contributed by atoms with Gasteiger partial charge in [-0.15, -0.1) is 24.0 Å². The van der Waals surface area contributed by atoms with Gasteiger partial charge in [-0.25, -0.2) is 8.96 Å². The smallest absolute Gasteiger partial charge is 0.173 e. The van der Waals surface area contributed by atoms with Gasteiger partial charge >= 0.3 is 0 Å². The molecule has 0 amide bonds. The van der Waals surface area contributed by atoms with Crippen LogP contribution >= 0.6 is 24.0 Å². The van der Waals surface area contributed by atoms with E-state index in [0.29, 0.717) is 0 Å². The monoisotopic (exact) mass is 461 g/mol. The lowest BCUT2D eigenvalue weighted by Gasteiger charge is -2.11. The van der Waals surface area contributed by atoms with Crippen LogP contribution in [-0.2, 0) is 6.54 Å². The highest BCUT2D eigenvalue weighted by Gasteiger charge is 2.02. The fourth-order valence-corrected chi connectivity index (χ4v) is 2.56. The van der Waals surface area contributed by atoms with Crippen LogP contribution < -0.4 is 9.47 Å². The molecule has 0 spiro atoms. The van der Waals surface area contributed by atoms with Crippen molar-refractivity contribution in [2.75, 3.05) is 19.0 Å². The summed E-state index contributed by atoms with van der Waals surface area (Å²) in [6.45, 7) is 0.732. The molecule has 0 atom stereocenters. The largest absolute Gasteiger partial charge is 0.378 e. The summed E-state index contributed by atoms with van der Waals surface area (Å²) in [5.41, 5.74) is 4.59. The summed E-state index contributed by atoms with van der Waals surface area (Å²) in [5.74, 6) is -0.201. The van der Waals surface area contributed by atoms with E-state index in [1.165, 1.54) is 23.4 Å². The third-order valence-electron chi connectivity index (χ3n) is 4.07. The number of anilines is 1. The molecule has 0 saturated carbocycles. The van der Waals surface area contributed by atoms with Gasteiger partial charge in [0.05, 0.1) is 0 Å². The predicted molar refractivity (Wildman–Crippen MR) is 117 cm³/mol. The van der Waals surface area contributed by atoms with Gasteiger partial charge in [-0.05, 0) is 47.5 Å². The first-order valence-electron chi connectivity index (χ1n) is 8.29. The van der Waals surface area contributed by atoms with Crippen LogP contribution in [0.3, 0.4) is 0 Å². The Balaban J connectivity index is 0.00000243. The zero-order chi connectivity index (χ0) is 17.6. The van der Waals surface area contributed by atoms with Crippen molar-refractivity contribution in [2.24, 2.45) is 0 Å². The maximum atomic E-state index is 12.9. The minimum Gasteiger partial charge on any atom is -0.378 e. The van der Waals surface area contributed by atoms with Crippen LogP contribution in [0.15, 0.2) is 73.1 Å². The van der Waals surface area contributed by atoms with Crippen molar-refractivity contribution in [3.63, 3.8) is 0 Å². The van der Waals surface area contributed by atoms with E-state index in [-0.39, 0.29) is 29.8 Å². The van der Waals surface area contributed by atoms with Crippen molar-refractivity contribution in [2.45, 2.75) is 6.54 Å². The van der Waals surface area contributed by atoms with Gasteiger partial charge in [-0.1, -0.05) is 24.3 Å². The zero-order valence-electron chi connectivity index (χ0n) is 15.0. The Hall–Kier alpha value is -2.21. The Bertz CT molecular complexity index is 839. The average Bonchev–Trinajstić information content (AvgIpc) is 2.63. The average molecular weight is 461 g/mol. The molecule has 2 aromatic carbocycles. The highest BCUT2D eigenvalue weighted by molar-refractivity contribution is 14.0. The fourth-order valence-electron chi connectivity index (χ4n) is 2.56. The number of halogens is 2. The van der Waals surface area contributed by atoms with Gasteiger partial charge in [-0.3, -0.25) is 0 Å². The van der Waals surface area contributed by atoms with Crippen molar-refractivity contribution in [3.05, 3.63) is 95.6 Å². The number of nitrogens with zero attached hydrogens (tertiary/aromatic N) is 2. The molecule has 0 fully saturated rings. The van der Waals surface area contributed by atoms with Gasteiger partial charge in [0.25, 0.3) is 0 Å². The molecule has 0 saturated heterocycles. The topological polar surface area (TPSA) is 7.12 Å². The van der Waals surface area contributed by atoms with E-state index in [4.69, 9.17) is 0 Å². The van der Waals surface area contributed by atoms with Crippen LogP contribution in [-0.4, -0.2) is 14.1 Å². The van der Waals surface area contributed by atoms with Gasteiger partial charge in [-0.2, -0.15) is 0 Å². The second kappa shape index (κ2) is 9.48. The number of benzene rings is 2. The molecule has 0 N–H and O–H groups in total. The summed E-state index contributed by atoms with van der Waals surface area (Å²) in [5, 5.41) is 0. The summed E-state index contributed by atoms with van der Waals surface area (Å²) in [6.07, 6.45) is 8.29. The highest BCUT2D eigenvalue weighted by Crippen LogP contribution is 2.14. The lowest BCUT2D eigenvalue weighted by atomic mass is 10.1. The van der Waals surface area contributed by atoms with E-state index in [9.17, 15) is 4.39 Å². The molecule has 1 heterocycles. The summed E-state index contributed by atoms with van der Waals surface area (Å²) in [6, 6.07) is 19.2. The molecule has 1 aromatic heterocycles. The highest BCUT2D eigenvalue weighted by atomic mass is 127. The van der Waals surface area contributed by atoms with Gasteiger partial charge in [0.15, 0.2) is 18.9 Å². The van der Waals surface area contributed by atoms with Crippen LogP contribution in [0.1, 0.15) is 16.7 Å². The number of rotatable bonds is 5. The molecule has 3 rings (SSSR count). The normalized spacial score (nSPS) is 10.6. The van der Waals surface area contributed by atoms with Crippen LogP contribution in [0.4, 0.5) is 10.1 Å². The quantitative estimate of drug-likeness (QED) is 0.383. The SMILES string of the molecule is CN(C)c1ccc(/C=C/c2cc[n+](Cc3ccc(F)cc3)cc2)cc1.I. The molecule has 0 radical (unpaired) electrons. The van der Waals surface area contributed by atoms with Gasteiger partial charge < -0.3 is 4.90 Å². The number of aromatic nitrogens is 1. The molecule has 0 aliphatic carbocycles. The van der Waals surface area contributed by atoms with E-state index < -0.39 is 0 Å². The molecule has 2 nitrogen and oxygen atoms in total. The molecule has 134 valence electrons. The first-order chi connectivity index (χ1) is 12.1. The Morgan fingerprint density at radius 1 is 0.808 bits per heavy atom. The molecule has 4 heteroatoms. The van der Waals surface area contributed by atoms with Gasteiger partial charge in [0, 0.05) is 37.5 Å². The van der Waals surface area contributed by atoms with Crippen LogP contribution in [0, 0.1) is 5.82 Å². The Morgan fingerprint density at radius 2 is 1.35 bits per heavy atom. The molecule has 26 heavy (non-hydrogen) atoms. The minimum atomic E-state index is -0.201. The molecule has 0 aliphatic rings. The van der Waals surface area contributed by atoms with E-state index in [1.54, 1.807) is 0 Å². The third kappa shape index (κ3) is 5.66. The molecule has 3 aromatic rings. The van der Waals surface area contributed by atoms with Crippen molar-refractivity contribution in [1.82, 2.24) is 0 Å². The van der Waals surface area contributed by atoms with E-state index in [0.717, 1.165) is 17.7 Å². The van der Waals surface area contributed by atoms with Crippen LogP contribution in [0.25, 0.3) is 12.2 Å². The predicted octanol–water partition coefficient (Wildman–Crippen LogP) is 5.02. The summed E-state index contributed by atoms with van der Waals surface area (Å²) >= 11 is 0. The number of hydrogen-bond acceptors (Lipinski definition) is 1. The van der Waals surface area contributed by atoms with E-state index in [2.05, 4.69) is 58.0 Å². The summed E-state index contributed by atoms with van der Waals surface area (Å²) < 4.78 is 15.0. The Kier molecular flexibility index (Phi) is 7.33. The standard InChI is InChI=1S/C22H22FN2.HI/c1-24(2)22-11-7-18(8-12-22)3-4-19-13-15-25(16-14-19)17-20-5-9-21(23)10-6-20;/h3-16H,17H2,1-2H3;1H/q+1;. The van der Waals surface area contributed by atoms with Crippen molar-refractivity contribution in [3.8, 4) is 0 Å². The van der Waals surface area contributed by atoms with E-state index >= 15 is 0 Å². The van der Waals surface area contributed by atoms with Gasteiger partial charge in [0.2, 0.25) is 0 Å². The third-order valence-corrected chi connectivity index (χ3v) is 4.07. The first kappa shape index (κ1) is 20.1. The molecular formula is C22H23FIN2+. The zero-order valence-corrected chi connectivity index (χ0v) is 17.3. The summed E-state index contributed by atoms with van der Waals surface area (Å²) in [4.78, 5) is 2.09. The second-order valence-electron chi connectivity index (χ2n) is 6.25. The molecular weight excluding hydrogens is 438 g/mol. The molecule has 0 aliphatic heterocycles. The maximum Gasteiger partial charge on any atom is 0.173 e. The molecule has 0 bridgehead atoms. The molecule has 0 unspecified atom stereocenters. The van der Waals surface area contributed by atoms with Crippen molar-refractivity contribution in [1.29, 1.82) is 0 Å². The lowest BCUT2D eigenvalue weighted by Crippen LogP contribution is -2.33. The summed E-state index contributed by atoms with van der Waals surface area (Å²) in [7, 11) is 4.08. The lowest BCUT2D eigenvalue weighted by molar-refractivity contribution is -0.688. The number of hydrogen-bond donors (Lipinski definition) is 0. The van der Waals surface area contributed by atoms with Crippen molar-refractivity contribution < 1.29 is 8.96 Å². The van der Waals surface area contributed by atoms with E-state index in [1.807, 2.05) is 38.6 Å². The fraction of sp³-hybridized carbons (Fsp3) is 0.136. The Labute approximate surface area is 171 Å². The van der Waals surface area contributed by atoms with Crippen LogP contribution in [0.2, 0.25) is 0 Å². The number of pyridine rings is 1. The van der Waals surface area contributed by atoms with Crippen LogP contribution in [0.5, 0.6) is 0 Å². The van der Waals surface area contributed by atoms with Gasteiger partial charge in [0.1, 0.15) is 5.82 Å². The first-order valence-corrected chi connectivity index (χ1v) is 8.29. The second-order valence-corrected chi connectivity index (χ2v) is 6.25. The van der Waals surface area contributed by atoms with Crippen molar-refractivity contribution >= 4 is 41.8 Å². The Morgan fingerprint density at radius 3 is 1.88 bits per heavy atom. The minimum absolute atomic E-state index is 0.